The van der Waals surface area contributed by atoms with Crippen molar-refractivity contribution in [3.63, 3.8) is 0 Å². The van der Waals surface area contributed by atoms with Crippen LogP contribution in [0.5, 0.6) is 0 Å². The molecule has 0 spiro atoms. The Morgan fingerprint density at radius 2 is 2.38 bits per heavy atom. The molecule has 0 saturated carbocycles. The Bertz CT molecular complexity index is 590. The first-order valence-electron chi connectivity index (χ1n) is 7.05. The van der Waals surface area contributed by atoms with Crippen LogP contribution in [0.1, 0.15) is 16.9 Å². The van der Waals surface area contributed by atoms with Crippen molar-refractivity contribution in [2.75, 3.05) is 13.1 Å². The maximum absolute atomic E-state index is 11.9. The standard InChI is InChI=1S/C16H18N2OS2/c19-16(4-3-15-2-1-8-21-15)17-14-5-7-18(11-14)10-13-6-9-20-12-13/h1-4,6,8-9,12,14H,5,7,10-11H2,(H,17,19). The molecule has 1 aliphatic heterocycles. The van der Waals surface area contributed by atoms with E-state index < -0.39 is 0 Å². The summed E-state index contributed by atoms with van der Waals surface area (Å²) < 4.78 is 0. The number of nitrogens with zero attached hydrogens (tertiary/aromatic N) is 1. The molecule has 3 nitrogen and oxygen atoms in total. The van der Waals surface area contributed by atoms with E-state index in [9.17, 15) is 4.79 Å². The third-order valence-corrected chi connectivity index (χ3v) is 5.12. The van der Waals surface area contributed by atoms with Crippen LogP contribution in [-0.4, -0.2) is 29.9 Å². The molecular weight excluding hydrogens is 300 g/mol. The summed E-state index contributed by atoms with van der Waals surface area (Å²) in [6.45, 7) is 2.98. The lowest BCUT2D eigenvalue weighted by molar-refractivity contribution is -0.117. The molecule has 0 bridgehead atoms. The summed E-state index contributed by atoms with van der Waals surface area (Å²) in [4.78, 5) is 15.4. The third-order valence-electron chi connectivity index (χ3n) is 3.55. The highest BCUT2D eigenvalue weighted by Gasteiger charge is 2.23. The van der Waals surface area contributed by atoms with Crippen LogP contribution in [0.4, 0.5) is 0 Å². The predicted octanol–water partition coefficient (Wildman–Crippen LogP) is 3.21. The summed E-state index contributed by atoms with van der Waals surface area (Å²) in [5.74, 6) is 0.00535. The second-order valence-corrected chi connectivity index (χ2v) is 6.97. The highest BCUT2D eigenvalue weighted by atomic mass is 32.1. The average molecular weight is 318 g/mol. The molecule has 2 aromatic rings. The fourth-order valence-corrected chi connectivity index (χ4v) is 3.81. The predicted molar refractivity (Wildman–Crippen MR) is 89.5 cm³/mol. The van der Waals surface area contributed by atoms with Gasteiger partial charge in [0.1, 0.15) is 0 Å². The summed E-state index contributed by atoms with van der Waals surface area (Å²) in [5, 5.41) is 9.40. The number of nitrogens with one attached hydrogen (secondary N) is 1. The number of thiophene rings is 2. The normalized spacial score (nSPS) is 19.3. The lowest BCUT2D eigenvalue weighted by Crippen LogP contribution is -2.35. The largest absolute Gasteiger partial charge is 0.348 e. The molecule has 1 fully saturated rings. The van der Waals surface area contributed by atoms with Gasteiger partial charge in [0.15, 0.2) is 0 Å². The van der Waals surface area contributed by atoms with Crippen LogP contribution >= 0.6 is 22.7 Å². The van der Waals surface area contributed by atoms with Gasteiger partial charge in [0.05, 0.1) is 0 Å². The van der Waals surface area contributed by atoms with Gasteiger partial charge in [0.2, 0.25) is 5.91 Å². The average Bonchev–Trinajstić information content (AvgIpc) is 3.19. The number of likely N-dealkylation sites (tertiary alicyclic amines) is 1. The number of carbonyl (C=O) groups excluding carboxylic acids is 1. The van der Waals surface area contributed by atoms with E-state index in [0.717, 1.165) is 30.9 Å². The molecule has 3 heterocycles. The highest BCUT2D eigenvalue weighted by Crippen LogP contribution is 2.15. The molecule has 1 atom stereocenters. The van der Waals surface area contributed by atoms with E-state index in [1.807, 2.05) is 23.6 Å². The zero-order chi connectivity index (χ0) is 14.5. The van der Waals surface area contributed by atoms with E-state index in [0.29, 0.717) is 0 Å². The Labute approximate surface area is 132 Å². The molecule has 0 aromatic carbocycles. The van der Waals surface area contributed by atoms with E-state index in [1.165, 1.54) is 5.56 Å². The van der Waals surface area contributed by atoms with Gasteiger partial charge >= 0.3 is 0 Å². The molecule has 0 radical (unpaired) electrons. The summed E-state index contributed by atoms with van der Waals surface area (Å²) in [7, 11) is 0. The van der Waals surface area contributed by atoms with Crippen molar-refractivity contribution in [2.45, 2.75) is 19.0 Å². The fraction of sp³-hybridized carbons (Fsp3) is 0.312. The number of carbonyl (C=O) groups is 1. The first kappa shape index (κ1) is 14.5. The Morgan fingerprint density at radius 1 is 1.43 bits per heavy atom. The second-order valence-electron chi connectivity index (χ2n) is 5.21. The molecule has 2 aromatic heterocycles. The van der Waals surface area contributed by atoms with Gasteiger partial charge in [-0.25, -0.2) is 0 Å². The lowest BCUT2D eigenvalue weighted by Gasteiger charge is -2.15. The van der Waals surface area contributed by atoms with Crippen LogP contribution in [0.25, 0.3) is 6.08 Å². The van der Waals surface area contributed by atoms with Crippen LogP contribution in [0.3, 0.4) is 0 Å². The maximum atomic E-state index is 11.9. The van der Waals surface area contributed by atoms with Crippen molar-refractivity contribution in [3.05, 3.63) is 50.9 Å². The number of amides is 1. The Morgan fingerprint density at radius 3 is 3.14 bits per heavy atom. The minimum Gasteiger partial charge on any atom is -0.348 e. The van der Waals surface area contributed by atoms with Crippen molar-refractivity contribution < 1.29 is 4.79 Å². The lowest BCUT2D eigenvalue weighted by atomic mass is 10.2. The smallest absolute Gasteiger partial charge is 0.244 e. The van der Waals surface area contributed by atoms with Gasteiger partial charge < -0.3 is 5.32 Å². The van der Waals surface area contributed by atoms with Gasteiger partial charge in [-0.1, -0.05) is 6.07 Å². The van der Waals surface area contributed by atoms with Gasteiger partial charge in [0, 0.05) is 36.6 Å². The topological polar surface area (TPSA) is 32.3 Å². The molecule has 1 amide bonds. The van der Waals surface area contributed by atoms with Crippen molar-refractivity contribution in [3.8, 4) is 0 Å². The Hall–Kier alpha value is -1.43. The maximum Gasteiger partial charge on any atom is 0.244 e. The first-order valence-corrected chi connectivity index (χ1v) is 8.87. The van der Waals surface area contributed by atoms with Crippen LogP contribution in [0.2, 0.25) is 0 Å². The van der Waals surface area contributed by atoms with Gasteiger partial charge in [0.25, 0.3) is 0 Å². The van der Waals surface area contributed by atoms with Crippen LogP contribution < -0.4 is 5.32 Å². The zero-order valence-corrected chi connectivity index (χ0v) is 13.3. The molecule has 1 aliphatic rings. The van der Waals surface area contributed by atoms with Crippen molar-refractivity contribution >= 4 is 34.7 Å². The van der Waals surface area contributed by atoms with Gasteiger partial charge in [-0.05, 0) is 46.3 Å². The summed E-state index contributed by atoms with van der Waals surface area (Å²) in [6, 6.07) is 6.43. The molecule has 1 saturated heterocycles. The summed E-state index contributed by atoms with van der Waals surface area (Å²) in [5.41, 5.74) is 1.37. The number of hydrogen-bond acceptors (Lipinski definition) is 4. The highest BCUT2D eigenvalue weighted by molar-refractivity contribution is 7.10. The molecule has 5 heteroatoms. The van der Waals surface area contributed by atoms with Gasteiger partial charge in [-0.3, -0.25) is 9.69 Å². The van der Waals surface area contributed by atoms with Crippen molar-refractivity contribution in [1.82, 2.24) is 10.2 Å². The minimum atomic E-state index is 0.00535. The first-order chi connectivity index (χ1) is 10.3. The SMILES string of the molecule is O=C(C=Cc1cccs1)NC1CCN(Cc2ccsc2)C1. The molecule has 110 valence electrons. The van der Waals surface area contributed by atoms with E-state index in [-0.39, 0.29) is 11.9 Å². The molecule has 0 aliphatic carbocycles. The third kappa shape index (κ3) is 4.27. The van der Waals surface area contributed by atoms with E-state index in [2.05, 4.69) is 27.0 Å². The quantitative estimate of drug-likeness (QED) is 0.859. The molecule has 21 heavy (non-hydrogen) atoms. The molecule has 1 unspecified atom stereocenters. The minimum absolute atomic E-state index is 0.00535. The molecule has 1 N–H and O–H groups in total. The summed E-state index contributed by atoms with van der Waals surface area (Å²) >= 11 is 3.37. The van der Waals surface area contributed by atoms with E-state index in [1.54, 1.807) is 28.7 Å². The summed E-state index contributed by atoms with van der Waals surface area (Å²) in [6.07, 6.45) is 4.54. The number of rotatable bonds is 5. The molecule has 3 rings (SSSR count). The molecular formula is C16H18N2OS2. The Balaban J connectivity index is 1.45. The van der Waals surface area contributed by atoms with Crippen LogP contribution in [-0.2, 0) is 11.3 Å². The van der Waals surface area contributed by atoms with Gasteiger partial charge in [-0.2, -0.15) is 11.3 Å². The van der Waals surface area contributed by atoms with Crippen molar-refractivity contribution in [2.24, 2.45) is 0 Å². The Kier molecular flexibility index (Phi) is 4.85. The second kappa shape index (κ2) is 7.02. The fourth-order valence-electron chi connectivity index (χ4n) is 2.53. The van der Waals surface area contributed by atoms with Crippen LogP contribution in [0.15, 0.2) is 40.4 Å². The van der Waals surface area contributed by atoms with Crippen LogP contribution in [0, 0.1) is 0 Å². The monoisotopic (exact) mass is 318 g/mol. The van der Waals surface area contributed by atoms with E-state index >= 15 is 0 Å². The van der Waals surface area contributed by atoms with Crippen molar-refractivity contribution in [1.29, 1.82) is 0 Å². The zero-order valence-electron chi connectivity index (χ0n) is 11.7. The number of hydrogen-bond donors (Lipinski definition) is 1. The van der Waals surface area contributed by atoms with E-state index in [4.69, 9.17) is 0 Å². The van der Waals surface area contributed by atoms with Gasteiger partial charge in [-0.15, -0.1) is 11.3 Å².